The van der Waals surface area contributed by atoms with E-state index in [2.05, 4.69) is 10.6 Å². The van der Waals surface area contributed by atoms with Crippen molar-refractivity contribution in [2.45, 2.75) is 0 Å². The molecular weight excluding hydrogens is 260 g/mol. The summed E-state index contributed by atoms with van der Waals surface area (Å²) in [4.78, 5) is 11.3. The van der Waals surface area contributed by atoms with Gasteiger partial charge in [0, 0.05) is 23.5 Å². The van der Waals surface area contributed by atoms with E-state index in [0.717, 1.165) is 5.69 Å². The van der Waals surface area contributed by atoms with Gasteiger partial charge in [0.2, 0.25) is 0 Å². The van der Waals surface area contributed by atoms with E-state index in [9.17, 15) is 4.91 Å². The highest BCUT2D eigenvalue weighted by molar-refractivity contribution is 7.80. The lowest BCUT2D eigenvalue weighted by atomic mass is 10.3. The summed E-state index contributed by atoms with van der Waals surface area (Å²) in [6.45, 7) is 0. The van der Waals surface area contributed by atoms with Crippen LogP contribution in [-0.2, 0) is 0 Å². The first-order valence-corrected chi connectivity index (χ1v) is 6.01. The third kappa shape index (κ3) is 3.75. The van der Waals surface area contributed by atoms with Crippen LogP contribution in [0.1, 0.15) is 0 Å². The minimum absolute atomic E-state index is 0.304. The van der Waals surface area contributed by atoms with Crippen LogP contribution in [0.2, 0.25) is 0 Å². The number of nitrogens with zero attached hydrogens (tertiary/aromatic N) is 1. The van der Waals surface area contributed by atoms with Gasteiger partial charge in [0.1, 0.15) is 0 Å². The largest absolute Gasteiger partial charge is 0.332 e. The molecule has 0 radical (unpaired) electrons. The molecule has 5 nitrogen and oxygen atoms in total. The SMILES string of the molecule is N[N+](=O)c1cccc(NC(=S)Nc2ccccc2)c1. The smallest absolute Gasteiger partial charge is 0.293 e. The number of benzene rings is 2. The summed E-state index contributed by atoms with van der Waals surface area (Å²) in [6.07, 6.45) is 0. The molecule has 4 N–H and O–H groups in total. The quantitative estimate of drug-likeness (QED) is 0.347. The van der Waals surface area contributed by atoms with E-state index in [0.29, 0.717) is 21.4 Å². The van der Waals surface area contributed by atoms with Crippen LogP contribution in [-0.4, -0.2) is 9.98 Å². The Labute approximate surface area is 116 Å². The van der Waals surface area contributed by atoms with Crippen molar-refractivity contribution in [3.05, 3.63) is 59.5 Å². The molecule has 0 aliphatic heterocycles. The van der Waals surface area contributed by atoms with Crippen LogP contribution in [0, 0.1) is 4.91 Å². The first-order valence-electron chi connectivity index (χ1n) is 5.60. The predicted molar refractivity (Wildman–Crippen MR) is 80.2 cm³/mol. The first kappa shape index (κ1) is 13.0. The van der Waals surface area contributed by atoms with Crippen molar-refractivity contribution in [3.63, 3.8) is 0 Å². The molecule has 0 amide bonds. The van der Waals surface area contributed by atoms with Gasteiger partial charge in [0.15, 0.2) is 9.98 Å². The molecule has 96 valence electrons. The third-order valence-electron chi connectivity index (χ3n) is 2.39. The molecule has 2 aromatic carbocycles. The van der Waals surface area contributed by atoms with Crippen molar-refractivity contribution in [2.24, 2.45) is 5.84 Å². The van der Waals surface area contributed by atoms with Gasteiger partial charge >= 0.3 is 0 Å². The number of nitroso groups, excluding NO2 is 1. The Bertz CT molecular complexity index is 601. The fourth-order valence-electron chi connectivity index (χ4n) is 1.54. The molecule has 0 bridgehead atoms. The molecule has 0 unspecified atom stereocenters. The second-order valence-corrected chi connectivity index (χ2v) is 4.23. The highest BCUT2D eigenvalue weighted by Gasteiger charge is 2.09. The Balaban J connectivity index is 2.03. The second-order valence-electron chi connectivity index (χ2n) is 3.82. The fraction of sp³-hybridized carbons (Fsp3) is 0. The number of hydrogen-bond donors (Lipinski definition) is 3. The van der Waals surface area contributed by atoms with E-state index in [1.54, 1.807) is 24.3 Å². The number of anilines is 2. The van der Waals surface area contributed by atoms with Crippen LogP contribution >= 0.6 is 12.2 Å². The van der Waals surface area contributed by atoms with Gasteiger partial charge in [0.25, 0.3) is 5.69 Å². The van der Waals surface area contributed by atoms with E-state index in [-0.39, 0.29) is 0 Å². The van der Waals surface area contributed by atoms with Crippen LogP contribution in [0.25, 0.3) is 0 Å². The number of hydrazine groups is 1. The lowest BCUT2D eigenvalue weighted by Crippen LogP contribution is -2.19. The standard InChI is InChI=1S/C13H12N4OS/c14-17(18)12-8-4-7-11(9-12)16-13(19)15-10-5-2-1-3-6-10/h1-9H,(H3-,14,15,16,18,19)/p+1. The highest BCUT2D eigenvalue weighted by Crippen LogP contribution is 2.16. The van der Waals surface area contributed by atoms with E-state index < -0.39 is 0 Å². The number of para-hydroxylation sites is 1. The van der Waals surface area contributed by atoms with Crippen molar-refractivity contribution in [3.8, 4) is 0 Å². The summed E-state index contributed by atoms with van der Waals surface area (Å²) in [5.41, 5.74) is 1.94. The van der Waals surface area contributed by atoms with Crippen LogP contribution < -0.4 is 16.5 Å². The average Bonchev–Trinajstić information content (AvgIpc) is 2.40. The fourth-order valence-corrected chi connectivity index (χ4v) is 1.77. The number of nitrogens with two attached hydrogens (primary N) is 1. The molecule has 0 aromatic heterocycles. The minimum atomic E-state index is 0.304. The van der Waals surface area contributed by atoms with Gasteiger partial charge in [-0.25, -0.2) is 0 Å². The van der Waals surface area contributed by atoms with Crippen LogP contribution in [0.3, 0.4) is 0 Å². The van der Waals surface area contributed by atoms with Gasteiger partial charge < -0.3 is 10.6 Å². The Morgan fingerprint density at radius 3 is 2.32 bits per heavy atom. The van der Waals surface area contributed by atoms with Crippen LogP contribution in [0.15, 0.2) is 54.6 Å². The maximum Gasteiger partial charge on any atom is 0.293 e. The number of hydrogen-bond acceptors (Lipinski definition) is 2. The number of rotatable bonds is 3. The Kier molecular flexibility index (Phi) is 4.04. The van der Waals surface area contributed by atoms with Crippen molar-refractivity contribution < 1.29 is 4.87 Å². The molecule has 0 aliphatic carbocycles. The van der Waals surface area contributed by atoms with Gasteiger partial charge in [-0.3, -0.25) is 0 Å². The molecule has 0 heterocycles. The number of nitrogens with one attached hydrogen (secondary N) is 2. The maximum absolute atomic E-state index is 11.0. The summed E-state index contributed by atoms with van der Waals surface area (Å²) in [6, 6.07) is 16.3. The van der Waals surface area contributed by atoms with Crippen LogP contribution in [0.5, 0.6) is 0 Å². The Hall–Kier alpha value is -2.47. The molecule has 2 rings (SSSR count). The molecule has 0 aliphatic rings. The van der Waals surface area contributed by atoms with E-state index >= 15 is 0 Å². The highest BCUT2D eigenvalue weighted by atomic mass is 32.1. The van der Waals surface area contributed by atoms with E-state index in [1.807, 2.05) is 30.3 Å². The normalized spacial score (nSPS) is 9.68. The zero-order valence-corrected chi connectivity index (χ0v) is 10.9. The van der Waals surface area contributed by atoms with E-state index in [4.69, 9.17) is 18.1 Å². The molecule has 19 heavy (non-hydrogen) atoms. The predicted octanol–water partition coefficient (Wildman–Crippen LogP) is 2.78. The molecule has 0 spiro atoms. The van der Waals surface area contributed by atoms with Crippen molar-refractivity contribution in [1.29, 1.82) is 0 Å². The van der Waals surface area contributed by atoms with Gasteiger partial charge in [0.05, 0.1) is 4.91 Å². The van der Waals surface area contributed by atoms with Crippen LogP contribution in [0.4, 0.5) is 17.1 Å². The molecule has 0 fully saturated rings. The van der Waals surface area contributed by atoms with Crippen molar-refractivity contribution >= 4 is 34.4 Å². The topological polar surface area (TPSA) is 70.2 Å². The zero-order valence-electron chi connectivity index (χ0n) is 10.0. The monoisotopic (exact) mass is 273 g/mol. The molecule has 2 aromatic rings. The van der Waals surface area contributed by atoms with Gasteiger partial charge in [-0.05, 0) is 30.4 Å². The number of thiocarbonyl (C=S) groups is 1. The molecule has 0 saturated carbocycles. The Morgan fingerprint density at radius 2 is 1.63 bits per heavy atom. The summed E-state index contributed by atoms with van der Waals surface area (Å²) in [5.74, 6) is 5.14. The maximum atomic E-state index is 11.0. The molecule has 0 atom stereocenters. The van der Waals surface area contributed by atoms with E-state index in [1.165, 1.54) is 0 Å². The summed E-state index contributed by atoms with van der Waals surface area (Å²) in [7, 11) is 0. The molecule has 0 saturated heterocycles. The first-order chi connectivity index (χ1) is 9.15. The summed E-state index contributed by atoms with van der Waals surface area (Å²) < 4.78 is 0. The average molecular weight is 273 g/mol. The zero-order chi connectivity index (χ0) is 13.7. The Morgan fingerprint density at radius 1 is 1.00 bits per heavy atom. The minimum Gasteiger partial charge on any atom is -0.332 e. The van der Waals surface area contributed by atoms with Gasteiger partial charge in [-0.1, -0.05) is 24.3 Å². The summed E-state index contributed by atoms with van der Waals surface area (Å²) >= 11 is 5.18. The lowest BCUT2D eigenvalue weighted by Gasteiger charge is -2.09. The van der Waals surface area contributed by atoms with Crippen molar-refractivity contribution in [2.75, 3.05) is 10.6 Å². The van der Waals surface area contributed by atoms with Gasteiger partial charge in [-0.2, -0.15) is 5.84 Å². The third-order valence-corrected chi connectivity index (χ3v) is 2.59. The summed E-state index contributed by atoms with van der Waals surface area (Å²) in [5, 5.41) is 6.46. The van der Waals surface area contributed by atoms with Gasteiger partial charge in [-0.15, -0.1) is 0 Å². The molecule has 6 heteroatoms. The second kappa shape index (κ2) is 5.92. The van der Waals surface area contributed by atoms with Crippen molar-refractivity contribution in [1.82, 2.24) is 0 Å². The lowest BCUT2D eigenvalue weighted by molar-refractivity contribution is -0.474. The molecular formula is C13H13N4OS+.